The van der Waals surface area contributed by atoms with Gasteiger partial charge in [-0.25, -0.2) is 9.69 Å². The van der Waals surface area contributed by atoms with Crippen molar-refractivity contribution >= 4 is 46.5 Å². The van der Waals surface area contributed by atoms with Gasteiger partial charge in [0.25, 0.3) is 5.91 Å². The number of carbonyl (C=O) groups excluding carboxylic acids is 3. The number of nitrogens with zero attached hydrogens (tertiary/aromatic N) is 2. The van der Waals surface area contributed by atoms with Crippen LogP contribution in [0.4, 0.5) is 21.9 Å². The van der Waals surface area contributed by atoms with Crippen molar-refractivity contribution in [2.45, 2.75) is 6.92 Å². The van der Waals surface area contributed by atoms with Crippen molar-refractivity contribution in [3.05, 3.63) is 65.3 Å². The van der Waals surface area contributed by atoms with Crippen molar-refractivity contribution in [3.8, 4) is 0 Å². The van der Waals surface area contributed by atoms with Gasteiger partial charge < -0.3 is 10.2 Å². The highest BCUT2D eigenvalue weighted by molar-refractivity contribution is 6.31. The zero-order valence-electron chi connectivity index (χ0n) is 16.3. The normalized spacial score (nSPS) is 17.2. The molecule has 0 unspecified atom stereocenters. The molecule has 1 saturated heterocycles. The molecule has 0 radical (unpaired) electrons. The summed E-state index contributed by atoms with van der Waals surface area (Å²) in [5.74, 6) is -2.48. The second-order valence-electron chi connectivity index (χ2n) is 6.69. The van der Waals surface area contributed by atoms with Crippen LogP contribution >= 0.6 is 11.6 Å². The maximum atomic E-state index is 13.1. The molecule has 29 heavy (non-hydrogen) atoms. The van der Waals surface area contributed by atoms with Crippen LogP contribution in [0.25, 0.3) is 0 Å². The van der Waals surface area contributed by atoms with Gasteiger partial charge in [-0.15, -0.1) is 0 Å². The number of rotatable bonds is 5. The Morgan fingerprint density at radius 1 is 1.07 bits per heavy atom. The molecule has 7 nitrogen and oxygen atoms in total. The van der Waals surface area contributed by atoms with E-state index < -0.39 is 23.8 Å². The van der Waals surface area contributed by atoms with E-state index in [4.69, 9.17) is 11.6 Å². The third-order valence-electron chi connectivity index (χ3n) is 4.54. The standard InChI is InChI=1S/C21H21ClN4O3/c1-4-17(23-14-7-11-15(12-8-14)25(2)3)18-19(27)24-21(29)26(20(18)28)16-9-5-13(22)6-10-16/h4-12,18,23H,1-3H3,(H,24,27,29)/b17-4+/t18-/m1/s1. The summed E-state index contributed by atoms with van der Waals surface area (Å²) in [5, 5.41) is 5.85. The van der Waals surface area contributed by atoms with Gasteiger partial charge in [0.1, 0.15) is 0 Å². The molecule has 150 valence electrons. The predicted molar refractivity (Wildman–Crippen MR) is 114 cm³/mol. The molecule has 1 fully saturated rings. The summed E-state index contributed by atoms with van der Waals surface area (Å²) in [6, 6.07) is 13.0. The van der Waals surface area contributed by atoms with Crippen LogP contribution in [0, 0.1) is 5.92 Å². The van der Waals surface area contributed by atoms with E-state index in [-0.39, 0.29) is 0 Å². The third-order valence-corrected chi connectivity index (χ3v) is 4.79. The van der Waals surface area contributed by atoms with Gasteiger partial charge in [-0.05, 0) is 55.5 Å². The molecule has 8 heteroatoms. The first-order valence-corrected chi connectivity index (χ1v) is 9.34. The van der Waals surface area contributed by atoms with Gasteiger partial charge in [-0.3, -0.25) is 14.9 Å². The quantitative estimate of drug-likeness (QED) is 0.733. The van der Waals surface area contributed by atoms with Crippen LogP contribution in [0.2, 0.25) is 5.02 Å². The van der Waals surface area contributed by atoms with Crippen molar-refractivity contribution in [3.63, 3.8) is 0 Å². The number of hydrogen-bond donors (Lipinski definition) is 2. The molecule has 2 aromatic carbocycles. The molecule has 1 aliphatic rings. The zero-order valence-corrected chi connectivity index (χ0v) is 17.0. The van der Waals surface area contributed by atoms with Crippen molar-refractivity contribution in [1.29, 1.82) is 0 Å². The van der Waals surface area contributed by atoms with Gasteiger partial charge in [0.2, 0.25) is 5.91 Å². The van der Waals surface area contributed by atoms with Crippen LogP contribution < -0.4 is 20.4 Å². The minimum Gasteiger partial charge on any atom is -0.378 e. The lowest BCUT2D eigenvalue weighted by molar-refractivity contribution is -0.132. The molecular formula is C21H21ClN4O3. The van der Waals surface area contributed by atoms with E-state index >= 15 is 0 Å². The van der Waals surface area contributed by atoms with E-state index in [1.807, 2.05) is 43.3 Å². The van der Waals surface area contributed by atoms with Gasteiger partial charge in [0.15, 0.2) is 5.92 Å². The van der Waals surface area contributed by atoms with E-state index in [1.165, 1.54) is 0 Å². The van der Waals surface area contributed by atoms with Crippen LogP contribution in [0.5, 0.6) is 0 Å². The summed E-state index contributed by atoms with van der Waals surface area (Å²) in [7, 11) is 3.88. The number of hydrogen-bond acceptors (Lipinski definition) is 5. The summed E-state index contributed by atoms with van der Waals surface area (Å²) < 4.78 is 0. The van der Waals surface area contributed by atoms with Crippen LogP contribution in [-0.4, -0.2) is 31.9 Å². The summed E-state index contributed by atoms with van der Waals surface area (Å²) >= 11 is 5.89. The van der Waals surface area contributed by atoms with E-state index in [0.29, 0.717) is 16.4 Å². The Labute approximate surface area is 173 Å². The summed E-state index contributed by atoms with van der Waals surface area (Å²) in [6.07, 6.45) is 1.65. The molecule has 2 aromatic rings. The predicted octanol–water partition coefficient (Wildman–Crippen LogP) is 3.62. The maximum absolute atomic E-state index is 13.1. The molecule has 0 bridgehead atoms. The highest BCUT2D eigenvalue weighted by Gasteiger charge is 2.43. The molecule has 1 heterocycles. The second kappa shape index (κ2) is 8.36. The van der Waals surface area contributed by atoms with Gasteiger partial charge >= 0.3 is 6.03 Å². The van der Waals surface area contributed by atoms with E-state index in [0.717, 1.165) is 16.3 Å². The molecule has 1 atom stereocenters. The number of amides is 4. The topological polar surface area (TPSA) is 81.8 Å². The fourth-order valence-corrected chi connectivity index (χ4v) is 3.13. The van der Waals surface area contributed by atoms with Gasteiger partial charge in [0, 0.05) is 36.2 Å². The van der Waals surface area contributed by atoms with Crippen molar-refractivity contribution in [2.75, 3.05) is 29.2 Å². The third kappa shape index (κ3) is 4.25. The highest BCUT2D eigenvalue weighted by Crippen LogP contribution is 2.27. The van der Waals surface area contributed by atoms with Gasteiger partial charge in [-0.2, -0.15) is 0 Å². The van der Waals surface area contributed by atoms with Crippen molar-refractivity contribution < 1.29 is 14.4 Å². The molecule has 0 spiro atoms. The molecule has 1 aliphatic heterocycles. The first-order chi connectivity index (χ1) is 13.8. The SMILES string of the molecule is C/C=C(/Nc1ccc(N(C)C)cc1)[C@@H]1C(=O)NC(=O)N(c2ccc(Cl)cc2)C1=O. The number of barbiturate groups is 1. The average molecular weight is 413 g/mol. The lowest BCUT2D eigenvalue weighted by Gasteiger charge is -2.31. The Hall–Kier alpha value is -3.32. The molecule has 2 N–H and O–H groups in total. The Balaban J connectivity index is 1.87. The first kappa shape index (κ1) is 20.4. The van der Waals surface area contributed by atoms with Crippen LogP contribution in [0.1, 0.15) is 6.92 Å². The van der Waals surface area contributed by atoms with Gasteiger partial charge in [-0.1, -0.05) is 17.7 Å². The lowest BCUT2D eigenvalue weighted by atomic mass is 9.99. The Bertz CT molecular complexity index is 968. The van der Waals surface area contributed by atoms with Crippen LogP contribution in [0.15, 0.2) is 60.3 Å². The lowest BCUT2D eigenvalue weighted by Crippen LogP contribution is -2.59. The average Bonchev–Trinajstić information content (AvgIpc) is 2.68. The van der Waals surface area contributed by atoms with Crippen LogP contribution in [-0.2, 0) is 9.59 Å². The number of carbonyl (C=O) groups is 3. The highest BCUT2D eigenvalue weighted by atomic mass is 35.5. The number of allylic oxidation sites excluding steroid dienone is 1. The zero-order chi connectivity index (χ0) is 21.1. The van der Waals surface area contributed by atoms with E-state index in [9.17, 15) is 14.4 Å². The molecule has 0 aliphatic carbocycles. The number of benzene rings is 2. The fraction of sp³-hybridized carbons (Fsp3) is 0.190. The smallest absolute Gasteiger partial charge is 0.335 e. The monoisotopic (exact) mass is 412 g/mol. The number of imide groups is 2. The van der Waals surface area contributed by atoms with Crippen LogP contribution in [0.3, 0.4) is 0 Å². The largest absolute Gasteiger partial charge is 0.378 e. The molecule has 4 amide bonds. The van der Waals surface area contributed by atoms with Gasteiger partial charge in [0.05, 0.1) is 5.69 Å². The Morgan fingerprint density at radius 2 is 1.69 bits per heavy atom. The minimum absolute atomic E-state index is 0.334. The Kier molecular flexibility index (Phi) is 5.89. The second-order valence-corrected chi connectivity index (χ2v) is 7.12. The number of halogens is 1. The number of anilines is 3. The first-order valence-electron chi connectivity index (χ1n) is 8.96. The molecule has 0 saturated carbocycles. The minimum atomic E-state index is -1.18. The maximum Gasteiger partial charge on any atom is 0.335 e. The van der Waals surface area contributed by atoms with E-state index in [2.05, 4.69) is 10.6 Å². The fourth-order valence-electron chi connectivity index (χ4n) is 3.00. The summed E-state index contributed by atoms with van der Waals surface area (Å²) in [4.78, 5) is 40.8. The van der Waals surface area contributed by atoms with E-state index in [1.54, 1.807) is 37.3 Å². The molecule has 3 rings (SSSR count). The Morgan fingerprint density at radius 3 is 2.24 bits per heavy atom. The summed E-state index contributed by atoms with van der Waals surface area (Å²) in [6.45, 7) is 1.72. The number of urea groups is 1. The van der Waals surface area contributed by atoms with Crippen molar-refractivity contribution in [1.82, 2.24) is 5.32 Å². The molecular weight excluding hydrogens is 392 g/mol. The summed E-state index contributed by atoms with van der Waals surface area (Å²) in [5.41, 5.74) is 2.46. The number of nitrogens with one attached hydrogen (secondary N) is 2. The van der Waals surface area contributed by atoms with Crippen molar-refractivity contribution in [2.24, 2.45) is 5.92 Å². The molecule has 0 aromatic heterocycles.